The Kier molecular flexibility index (Phi) is 6.00. The average Bonchev–Trinajstić information content (AvgIpc) is 3.23. The summed E-state index contributed by atoms with van der Waals surface area (Å²) in [5, 5.41) is 14.1. The molecule has 4 aromatic rings. The van der Waals surface area contributed by atoms with E-state index in [1.807, 2.05) is 54.6 Å². The van der Waals surface area contributed by atoms with Gasteiger partial charge in [0.15, 0.2) is 5.16 Å². The first-order valence-electron chi connectivity index (χ1n) is 9.64. The van der Waals surface area contributed by atoms with E-state index >= 15 is 0 Å². The average molecular weight is 407 g/mol. The molecule has 2 aromatic heterocycles. The van der Waals surface area contributed by atoms with Crippen LogP contribution in [0.15, 0.2) is 64.5 Å². The highest BCUT2D eigenvalue weighted by Crippen LogP contribution is 2.18. The fourth-order valence-corrected chi connectivity index (χ4v) is 4.03. The molecule has 0 fully saturated rings. The quantitative estimate of drug-likeness (QED) is 0.253. The van der Waals surface area contributed by atoms with Crippen LogP contribution in [0.25, 0.3) is 22.3 Å². The Morgan fingerprint density at radius 2 is 1.76 bits per heavy atom. The molecule has 0 unspecified atom stereocenters. The van der Waals surface area contributed by atoms with Crippen LogP contribution in [-0.4, -0.2) is 35.5 Å². The van der Waals surface area contributed by atoms with Crippen LogP contribution in [0.5, 0.6) is 0 Å². The van der Waals surface area contributed by atoms with Crippen LogP contribution in [0.4, 0.5) is 0 Å². The zero-order chi connectivity index (χ0) is 20.1. The number of fused-ring (bicyclic) bond motifs is 1. The number of benzene rings is 2. The molecule has 2 heterocycles. The molecule has 0 bridgehead atoms. The first kappa shape index (κ1) is 19.3. The summed E-state index contributed by atoms with van der Waals surface area (Å²) in [5.74, 6) is 1.57. The van der Waals surface area contributed by atoms with Crippen molar-refractivity contribution >= 4 is 22.7 Å². The minimum absolute atomic E-state index is 0.00424. The van der Waals surface area contributed by atoms with Gasteiger partial charge < -0.3 is 0 Å². The van der Waals surface area contributed by atoms with Crippen LogP contribution >= 0.6 is 11.8 Å². The Bertz CT molecular complexity index is 1150. The first-order chi connectivity index (χ1) is 14.2. The molecule has 0 atom stereocenters. The molecule has 4 rings (SSSR count). The summed E-state index contributed by atoms with van der Waals surface area (Å²) in [5.41, 5.74) is 1.73. The largest absolute Gasteiger partial charge is 0.290 e. The van der Waals surface area contributed by atoms with E-state index in [2.05, 4.69) is 20.4 Å². The molecule has 0 saturated heterocycles. The van der Waals surface area contributed by atoms with Crippen LogP contribution in [0.2, 0.25) is 0 Å². The van der Waals surface area contributed by atoms with Crippen LogP contribution in [0.1, 0.15) is 19.3 Å². The van der Waals surface area contributed by atoms with Gasteiger partial charge in [-0.25, -0.2) is 4.98 Å². The number of aryl methyl sites for hydroxylation is 1. The summed E-state index contributed by atoms with van der Waals surface area (Å²) < 4.78 is 1.64. The first-order valence-corrected chi connectivity index (χ1v) is 10.6. The van der Waals surface area contributed by atoms with Crippen molar-refractivity contribution in [1.82, 2.24) is 29.8 Å². The Morgan fingerprint density at radius 1 is 0.966 bits per heavy atom. The minimum atomic E-state index is 0.00424. The van der Waals surface area contributed by atoms with E-state index in [-0.39, 0.29) is 5.56 Å². The van der Waals surface area contributed by atoms with E-state index in [0.717, 1.165) is 47.8 Å². The van der Waals surface area contributed by atoms with Gasteiger partial charge in [-0.2, -0.15) is 4.80 Å². The molecule has 8 heteroatoms. The zero-order valence-electron chi connectivity index (χ0n) is 16.2. The SMILES string of the molecule is Cn1c(SCCCCCn2nnc(-c3ccccc3)n2)nc2ccccc2c1=O. The van der Waals surface area contributed by atoms with Gasteiger partial charge in [0.25, 0.3) is 5.56 Å². The highest BCUT2D eigenvalue weighted by Gasteiger charge is 2.08. The fraction of sp³-hybridized carbons (Fsp3) is 0.286. The summed E-state index contributed by atoms with van der Waals surface area (Å²) >= 11 is 1.63. The van der Waals surface area contributed by atoms with Gasteiger partial charge >= 0.3 is 0 Å². The van der Waals surface area contributed by atoms with Crippen molar-refractivity contribution in [2.75, 3.05) is 5.75 Å². The number of hydrogen-bond donors (Lipinski definition) is 0. The van der Waals surface area contributed by atoms with E-state index < -0.39 is 0 Å². The van der Waals surface area contributed by atoms with Gasteiger partial charge in [0.1, 0.15) is 0 Å². The lowest BCUT2D eigenvalue weighted by Gasteiger charge is -2.08. The molecule has 7 nitrogen and oxygen atoms in total. The topological polar surface area (TPSA) is 78.5 Å². The maximum absolute atomic E-state index is 12.4. The lowest BCUT2D eigenvalue weighted by atomic mass is 10.2. The number of aromatic nitrogens is 6. The van der Waals surface area contributed by atoms with Crippen LogP contribution in [0, 0.1) is 0 Å². The van der Waals surface area contributed by atoms with Crippen molar-refractivity contribution < 1.29 is 0 Å². The van der Waals surface area contributed by atoms with Crippen molar-refractivity contribution in [2.24, 2.45) is 7.05 Å². The summed E-state index contributed by atoms with van der Waals surface area (Å²) in [7, 11) is 1.78. The van der Waals surface area contributed by atoms with Crippen molar-refractivity contribution in [2.45, 2.75) is 31.0 Å². The van der Waals surface area contributed by atoms with Crippen molar-refractivity contribution in [3.05, 3.63) is 65.0 Å². The van der Waals surface area contributed by atoms with Crippen LogP contribution in [0.3, 0.4) is 0 Å². The van der Waals surface area contributed by atoms with E-state index in [1.54, 1.807) is 28.2 Å². The van der Waals surface area contributed by atoms with Gasteiger partial charge in [-0.3, -0.25) is 9.36 Å². The summed E-state index contributed by atoms with van der Waals surface area (Å²) in [6.07, 6.45) is 3.07. The summed E-state index contributed by atoms with van der Waals surface area (Å²) in [6, 6.07) is 17.3. The van der Waals surface area contributed by atoms with Gasteiger partial charge in [0.2, 0.25) is 5.82 Å². The zero-order valence-corrected chi connectivity index (χ0v) is 17.0. The van der Waals surface area contributed by atoms with Gasteiger partial charge in [-0.1, -0.05) is 60.6 Å². The number of tetrazole rings is 1. The molecule has 0 aliphatic heterocycles. The predicted molar refractivity (Wildman–Crippen MR) is 115 cm³/mol. The van der Waals surface area contributed by atoms with Crippen LogP contribution in [-0.2, 0) is 13.6 Å². The molecule has 0 saturated carbocycles. The third-order valence-corrected chi connectivity index (χ3v) is 5.78. The standard InChI is InChI=1S/C21H22N6OS/c1-26-20(28)17-12-6-7-13-18(17)22-21(26)29-15-9-3-8-14-27-24-19(23-25-27)16-10-4-2-5-11-16/h2,4-7,10-13H,3,8-9,14-15H2,1H3. The molecule has 0 radical (unpaired) electrons. The number of nitrogens with zero attached hydrogens (tertiary/aromatic N) is 6. The molecule has 0 N–H and O–H groups in total. The second kappa shape index (κ2) is 9.00. The third kappa shape index (κ3) is 4.54. The van der Waals surface area contributed by atoms with Gasteiger partial charge in [0.05, 0.1) is 17.4 Å². The van der Waals surface area contributed by atoms with Crippen molar-refractivity contribution in [1.29, 1.82) is 0 Å². The van der Waals surface area contributed by atoms with Crippen LogP contribution < -0.4 is 5.56 Å². The van der Waals surface area contributed by atoms with E-state index in [9.17, 15) is 4.79 Å². The maximum atomic E-state index is 12.4. The van der Waals surface area contributed by atoms with Gasteiger partial charge in [-0.05, 0) is 30.2 Å². The number of rotatable bonds is 8. The lowest BCUT2D eigenvalue weighted by Crippen LogP contribution is -2.20. The molecule has 0 aliphatic rings. The molecule has 148 valence electrons. The second-order valence-corrected chi connectivity index (χ2v) is 7.82. The normalized spacial score (nSPS) is 11.2. The fourth-order valence-electron chi connectivity index (χ4n) is 3.06. The summed E-state index contributed by atoms with van der Waals surface area (Å²) in [4.78, 5) is 18.7. The molecular weight excluding hydrogens is 384 g/mol. The molecular formula is C21H22N6OS. The lowest BCUT2D eigenvalue weighted by molar-refractivity contribution is 0.487. The number of unbranched alkanes of at least 4 members (excludes halogenated alkanes) is 2. The molecule has 2 aromatic carbocycles. The van der Waals surface area contributed by atoms with E-state index in [1.165, 1.54) is 0 Å². The maximum Gasteiger partial charge on any atom is 0.261 e. The number of para-hydroxylation sites is 1. The van der Waals surface area contributed by atoms with Gasteiger partial charge in [-0.15, -0.1) is 10.2 Å². The Morgan fingerprint density at radius 3 is 2.62 bits per heavy atom. The molecule has 0 spiro atoms. The minimum Gasteiger partial charge on any atom is -0.290 e. The van der Waals surface area contributed by atoms with Gasteiger partial charge in [0, 0.05) is 18.4 Å². The highest BCUT2D eigenvalue weighted by molar-refractivity contribution is 7.99. The smallest absolute Gasteiger partial charge is 0.261 e. The van der Waals surface area contributed by atoms with E-state index in [0.29, 0.717) is 11.2 Å². The highest BCUT2D eigenvalue weighted by atomic mass is 32.2. The second-order valence-electron chi connectivity index (χ2n) is 6.76. The Labute approximate surface area is 172 Å². The molecule has 0 aliphatic carbocycles. The monoisotopic (exact) mass is 406 g/mol. The Balaban J connectivity index is 1.25. The number of thioether (sulfide) groups is 1. The van der Waals surface area contributed by atoms with Crippen molar-refractivity contribution in [3.8, 4) is 11.4 Å². The molecule has 0 amide bonds. The number of hydrogen-bond acceptors (Lipinski definition) is 6. The third-order valence-electron chi connectivity index (χ3n) is 4.66. The molecule has 29 heavy (non-hydrogen) atoms. The van der Waals surface area contributed by atoms with Crippen molar-refractivity contribution in [3.63, 3.8) is 0 Å². The predicted octanol–water partition coefficient (Wildman–Crippen LogP) is 3.55. The summed E-state index contributed by atoms with van der Waals surface area (Å²) in [6.45, 7) is 0.747. The Hall–Kier alpha value is -3.00. The van der Waals surface area contributed by atoms with E-state index in [4.69, 9.17) is 0 Å².